The topological polar surface area (TPSA) is 101 Å². The Bertz CT molecular complexity index is 893. The molecular weight excluding hydrogens is 292 g/mol. The van der Waals surface area contributed by atoms with Gasteiger partial charge in [0.25, 0.3) is 5.56 Å². The van der Waals surface area contributed by atoms with Crippen LogP contribution in [0.25, 0.3) is 5.65 Å². The molecule has 3 rings (SSSR count). The van der Waals surface area contributed by atoms with Crippen LogP contribution in [0.1, 0.15) is 5.69 Å². The summed E-state index contributed by atoms with van der Waals surface area (Å²) in [5.41, 5.74) is 7.60. The van der Waals surface area contributed by atoms with Crippen molar-refractivity contribution in [1.82, 2.24) is 14.6 Å². The molecule has 0 spiro atoms. The first-order valence-corrected chi connectivity index (χ1v) is 6.48. The van der Waals surface area contributed by atoms with Crippen molar-refractivity contribution < 1.29 is 0 Å². The number of aryl methyl sites for hydroxylation is 1. The third-order valence-corrected chi connectivity index (χ3v) is 3.15. The molecule has 0 fully saturated rings. The van der Waals surface area contributed by atoms with Crippen LogP contribution in [-0.2, 0) is 0 Å². The number of aromatic nitrogens is 3. The van der Waals surface area contributed by atoms with Gasteiger partial charge in [-0.3, -0.25) is 4.79 Å². The number of fused-ring (bicyclic) bond motifs is 1. The van der Waals surface area contributed by atoms with Crippen LogP contribution in [0.2, 0.25) is 5.02 Å². The molecule has 0 bridgehead atoms. The predicted octanol–water partition coefficient (Wildman–Crippen LogP) is 2.98. The predicted molar refractivity (Wildman–Crippen MR) is 80.6 cm³/mol. The summed E-state index contributed by atoms with van der Waals surface area (Å²) in [6, 6.07) is 8.30. The zero-order valence-electron chi connectivity index (χ0n) is 11.0. The first-order chi connectivity index (χ1) is 10.0. The maximum Gasteiger partial charge on any atom is 0.251 e. The van der Waals surface area contributed by atoms with E-state index in [4.69, 9.17) is 17.3 Å². The highest BCUT2D eigenvalue weighted by Crippen LogP contribution is 2.28. The fourth-order valence-electron chi connectivity index (χ4n) is 1.91. The van der Waals surface area contributed by atoms with E-state index in [9.17, 15) is 4.79 Å². The molecule has 3 aromatic rings. The number of nitrogen functional groups attached to an aromatic ring is 1. The summed E-state index contributed by atoms with van der Waals surface area (Å²) in [7, 11) is 0. The molecule has 2 heterocycles. The average molecular weight is 303 g/mol. The Morgan fingerprint density at radius 1 is 1.29 bits per heavy atom. The van der Waals surface area contributed by atoms with Crippen LogP contribution >= 0.6 is 11.6 Å². The van der Waals surface area contributed by atoms with Crippen molar-refractivity contribution in [2.45, 2.75) is 6.92 Å². The van der Waals surface area contributed by atoms with Gasteiger partial charge in [0.05, 0.1) is 5.69 Å². The summed E-state index contributed by atoms with van der Waals surface area (Å²) < 4.78 is 1.52. The lowest BCUT2D eigenvalue weighted by Crippen LogP contribution is -2.09. The first-order valence-electron chi connectivity index (χ1n) is 6.10. The van der Waals surface area contributed by atoms with Crippen LogP contribution in [0.5, 0.6) is 0 Å². The van der Waals surface area contributed by atoms with E-state index in [1.807, 2.05) is 0 Å². The highest BCUT2D eigenvalue weighted by atomic mass is 35.5. The zero-order chi connectivity index (χ0) is 15.0. The van der Waals surface area contributed by atoms with E-state index < -0.39 is 0 Å². The van der Waals surface area contributed by atoms with Gasteiger partial charge in [-0.05, 0) is 31.2 Å². The first kappa shape index (κ1) is 13.3. The van der Waals surface area contributed by atoms with Gasteiger partial charge in [-0.15, -0.1) is 10.2 Å². The molecular formula is C13H11ClN6O. The number of H-pyrrole nitrogens is 1. The molecule has 2 aromatic heterocycles. The van der Waals surface area contributed by atoms with E-state index in [0.29, 0.717) is 27.7 Å². The Balaban J connectivity index is 2.10. The average Bonchev–Trinajstić information content (AvgIpc) is 2.75. The van der Waals surface area contributed by atoms with Crippen molar-refractivity contribution in [3.05, 3.63) is 51.4 Å². The molecule has 7 nitrogen and oxygen atoms in total. The molecule has 0 aliphatic rings. The Hall–Kier alpha value is -2.67. The highest BCUT2D eigenvalue weighted by Gasteiger charge is 2.12. The van der Waals surface area contributed by atoms with E-state index in [-0.39, 0.29) is 11.4 Å². The fraction of sp³-hybridized carbons (Fsp3) is 0.0769. The van der Waals surface area contributed by atoms with E-state index in [2.05, 4.69) is 20.3 Å². The van der Waals surface area contributed by atoms with Gasteiger partial charge in [-0.1, -0.05) is 11.6 Å². The second kappa shape index (κ2) is 5.02. The number of nitrogens with one attached hydrogen (secondary N) is 1. The van der Waals surface area contributed by atoms with Crippen LogP contribution in [0.3, 0.4) is 0 Å². The molecule has 0 aliphatic heterocycles. The van der Waals surface area contributed by atoms with Crippen molar-refractivity contribution in [2.75, 3.05) is 5.73 Å². The normalized spacial score (nSPS) is 11.5. The van der Waals surface area contributed by atoms with Crippen LogP contribution in [-0.4, -0.2) is 14.6 Å². The van der Waals surface area contributed by atoms with E-state index in [1.165, 1.54) is 10.6 Å². The molecule has 0 atom stereocenters. The van der Waals surface area contributed by atoms with Crippen molar-refractivity contribution in [3.63, 3.8) is 0 Å². The molecule has 106 valence electrons. The van der Waals surface area contributed by atoms with Gasteiger partial charge in [0.15, 0.2) is 17.2 Å². The molecule has 8 heteroatoms. The monoisotopic (exact) mass is 302 g/mol. The number of azo groups is 1. The highest BCUT2D eigenvalue weighted by molar-refractivity contribution is 6.30. The number of nitrogens with two attached hydrogens (primary N) is 1. The standard InChI is InChI=1S/C13H11ClN6O/c1-7-6-10(21)16-13-11(12(15)19-20(7)13)18-17-9-4-2-8(14)3-5-9/h2-6H,1H3,(H2,15,19)(H,16,21). The van der Waals surface area contributed by atoms with Crippen molar-refractivity contribution >= 4 is 34.4 Å². The van der Waals surface area contributed by atoms with E-state index >= 15 is 0 Å². The Morgan fingerprint density at radius 2 is 2.00 bits per heavy atom. The lowest BCUT2D eigenvalue weighted by molar-refractivity contribution is 0.891. The Labute approximate surface area is 124 Å². The molecule has 1 aromatic carbocycles. The second-order valence-electron chi connectivity index (χ2n) is 4.45. The van der Waals surface area contributed by atoms with Crippen LogP contribution < -0.4 is 11.3 Å². The quantitative estimate of drug-likeness (QED) is 0.711. The van der Waals surface area contributed by atoms with Crippen molar-refractivity contribution in [1.29, 1.82) is 0 Å². The number of hydrogen-bond acceptors (Lipinski definition) is 5. The molecule has 0 amide bonds. The van der Waals surface area contributed by atoms with Gasteiger partial charge in [-0.2, -0.15) is 5.11 Å². The van der Waals surface area contributed by atoms with E-state index in [0.717, 1.165) is 0 Å². The number of nitrogens with zero attached hydrogens (tertiary/aromatic N) is 4. The van der Waals surface area contributed by atoms with E-state index in [1.54, 1.807) is 31.2 Å². The summed E-state index contributed by atoms with van der Waals surface area (Å²) in [6.45, 7) is 1.76. The molecule has 21 heavy (non-hydrogen) atoms. The number of halogens is 1. The lowest BCUT2D eigenvalue weighted by Gasteiger charge is -1.97. The molecule has 3 N–H and O–H groups in total. The number of rotatable bonds is 2. The lowest BCUT2D eigenvalue weighted by atomic mass is 10.3. The molecule has 0 saturated carbocycles. The van der Waals surface area contributed by atoms with Crippen LogP contribution in [0.15, 0.2) is 45.4 Å². The minimum atomic E-state index is -0.247. The zero-order valence-corrected chi connectivity index (χ0v) is 11.8. The minimum Gasteiger partial charge on any atom is -0.380 e. The molecule has 0 aliphatic carbocycles. The Morgan fingerprint density at radius 3 is 2.71 bits per heavy atom. The molecule has 0 unspecified atom stereocenters. The molecule has 0 saturated heterocycles. The number of anilines is 1. The van der Waals surface area contributed by atoms with Crippen molar-refractivity contribution in [2.24, 2.45) is 10.2 Å². The summed E-state index contributed by atoms with van der Waals surface area (Å²) in [4.78, 5) is 14.2. The van der Waals surface area contributed by atoms with Gasteiger partial charge >= 0.3 is 0 Å². The second-order valence-corrected chi connectivity index (χ2v) is 4.88. The van der Waals surface area contributed by atoms with Gasteiger partial charge in [0, 0.05) is 16.8 Å². The maximum absolute atomic E-state index is 11.6. The van der Waals surface area contributed by atoms with Gasteiger partial charge in [0.2, 0.25) is 0 Å². The van der Waals surface area contributed by atoms with Crippen LogP contribution in [0, 0.1) is 6.92 Å². The van der Waals surface area contributed by atoms with Gasteiger partial charge < -0.3 is 10.7 Å². The fourth-order valence-corrected chi connectivity index (χ4v) is 2.04. The number of hydrogen-bond donors (Lipinski definition) is 2. The van der Waals surface area contributed by atoms with Crippen LogP contribution in [0.4, 0.5) is 17.2 Å². The summed E-state index contributed by atoms with van der Waals surface area (Å²) in [5.74, 6) is 0.192. The smallest absolute Gasteiger partial charge is 0.251 e. The largest absolute Gasteiger partial charge is 0.380 e. The van der Waals surface area contributed by atoms with Crippen molar-refractivity contribution in [3.8, 4) is 0 Å². The number of aromatic amines is 1. The number of benzene rings is 1. The summed E-state index contributed by atoms with van der Waals surface area (Å²) in [6.07, 6.45) is 0. The maximum atomic E-state index is 11.6. The Kier molecular flexibility index (Phi) is 3.19. The van der Waals surface area contributed by atoms with Gasteiger partial charge in [0.1, 0.15) is 0 Å². The minimum absolute atomic E-state index is 0.192. The molecule has 0 radical (unpaired) electrons. The SMILES string of the molecule is Cc1cc(=O)[nH]c2c(N=Nc3ccc(Cl)cc3)c(N)nn12. The van der Waals surface area contributed by atoms with Gasteiger partial charge in [-0.25, -0.2) is 4.52 Å². The third kappa shape index (κ3) is 2.50. The summed E-state index contributed by atoms with van der Waals surface area (Å²) >= 11 is 5.80. The third-order valence-electron chi connectivity index (χ3n) is 2.89. The summed E-state index contributed by atoms with van der Waals surface area (Å²) in [5, 5.41) is 12.9.